The molecule has 0 aromatic carbocycles. The molecule has 2 saturated carbocycles. The number of carbonyl (C=O) groups excluding carboxylic acids is 1. The zero-order chi connectivity index (χ0) is 13.4. The molecular weight excluding hydrogens is 240 g/mol. The van der Waals surface area contributed by atoms with Crippen molar-refractivity contribution < 1.29 is 9.53 Å². The van der Waals surface area contributed by atoms with Crippen LogP contribution in [0.3, 0.4) is 0 Å². The Morgan fingerprint density at radius 2 is 1.89 bits per heavy atom. The van der Waals surface area contributed by atoms with Crippen LogP contribution in [0, 0.1) is 17.8 Å². The van der Waals surface area contributed by atoms with Crippen molar-refractivity contribution >= 4 is 6.03 Å². The summed E-state index contributed by atoms with van der Waals surface area (Å²) in [5.74, 6) is 2.54. The molecule has 108 valence electrons. The molecule has 2 atom stereocenters. The van der Waals surface area contributed by atoms with Crippen LogP contribution in [0.25, 0.3) is 0 Å². The van der Waals surface area contributed by atoms with Crippen molar-refractivity contribution in [3.05, 3.63) is 0 Å². The highest BCUT2D eigenvalue weighted by molar-refractivity contribution is 5.74. The van der Waals surface area contributed by atoms with Crippen LogP contribution in [0.5, 0.6) is 0 Å². The molecule has 1 N–H and O–H groups in total. The van der Waals surface area contributed by atoms with Crippen molar-refractivity contribution in [2.75, 3.05) is 19.7 Å². The molecule has 4 nitrogen and oxygen atoms in total. The molecule has 0 aromatic rings. The number of ether oxygens (including phenoxy) is 1. The molecule has 1 saturated heterocycles. The third-order valence-electron chi connectivity index (χ3n) is 5.09. The molecule has 0 bridgehead atoms. The van der Waals surface area contributed by atoms with Crippen molar-refractivity contribution in [3.63, 3.8) is 0 Å². The number of nitrogens with zero attached hydrogens (tertiary/aromatic N) is 1. The molecule has 0 aromatic heterocycles. The number of carbonyl (C=O) groups is 1. The summed E-state index contributed by atoms with van der Waals surface area (Å²) in [6.45, 7) is 6.37. The minimum absolute atomic E-state index is 0.106. The van der Waals surface area contributed by atoms with Crippen molar-refractivity contribution in [3.8, 4) is 0 Å². The van der Waals surface area contributed by atoms with E-state index in [0.29, 0.717) is 6.61 Å². The summed E-state index contributed by atoms with van der Waals surface area (Å²) in [6.07, 6.45) is 5.65. The van der Waals surface area contributed by atoms with Gasteiger partial charge in [-0.05, 0) is 57.3 Å². The van der Waals surface area contributed by atoms with Gasteiger partial charge in [0.15, 0.2) is 0 Å². The first-order chi connectivity index (χ1) is 9.16. The predicted molar refractivity (Wildman–Crippen MR) is 73.9 cm³/mol. The van der Waals surface area contributed by atoms with Crippen LogP contribution in [0.4, 0.5) is 4.79 Å². The van der Waals surface area contributed by atoms with Gasteiger partial charge in [0.2, 0.25) is 0 Å². The fourth-order valence-corrected chi connectivity index (χ4v) is 3.29. The first kappa shape index (κ1) is 13.2. The van der Waals surface area contributed by atoms with Gasteiger partial charge in [0, 0.05) is 13.1 Å². The second-order valence-electron chi connectivity index (χ2n) is 6.53. The lowest BCUT2D eigenvalue weighted by molar-refractivity contribution is -0.0377. The van der Waals surface area contributed by atoms with E-state index < -0.39 is 0 Å². The van der Waals surface area contributed by atoms with Crippen LogP contribution in [0.1, 0.15) is 39.5 Å². The van der Waals surface area contributed by atoms with Crippen LogP contribution < -0.4 is 5.32 Å². The summed E-state index contributed by atoms with van der Waals surface area (Å²) < 4.78 is 5.57. The monoisotopic (exact) mass is 266 g/mol. The first-order valence-corrected chi connectivity index (χ1v) is 7.83. The number of hydrogen-bond acceptors (Lipinski definition) is 2. The Bertz CT molecular complexity index is 327. The molecule has 1 aliphatic heterocycles. The second-order valence-corrected chi connectivity index (χ2v) is 6.53. The van der Waals surface area contributed by atoms with E-state index in [9.17, 15) is 4.79 Å². The van der Waals surface area contributed by atoms with E-state index in [0.717, 1.165) is 30.8 Å². The number of hydrogen-bond donors (Lipinski definition) is 1. The lowest BCUT2D eigenvalue weighted by Crippen LogP contribution is -2.55. The smallest absolute Gasteiger partial charge is 0.317 e. The molecule has 1 heterocycles. The highest BCUT2D eigenvalue weighted by Crippen LogP contribution is 2.48. The molecule has 3 rings (SSSR count). The van der Waals surface area contributed by atoms with Crippen LogP contribution in [0.2, 0.25) is 0 Å². The van der Waals surface area contributed by atoms with E-state index in [-0.39, 0.29) is 18.2 Å². The average molecular weight is 266 g/mol. The summed E-state index contributed by atoms with van der Waals surface area (Å²) in [4.78, 5) is 14.2. The van der Waals surface area contributed by atoms with Gasteiger partial charge in [-0.1, -0.05) is 0 Å². The van der Waals surface area contributed by atoms with Crippen molar-refractivity contribution in [1.29, 1.82) is 0 Å². The summed E-state index contributed by atoms with van der Waals surface area (Å²) >= 11 is 0. The Hall–Kier alpha value is -0.770. The van der Waals surface area contributed by atoms with E-state index in [4.69, 9.17) is 4.74 Å². The van der Waals surface area contributed by atoms with Gasteiger partial charge in [0.25, 0.3) is 0 Å². The summed E-state index contributed by atoms with van der Waals surface area (Å²) in [7, 11) is 0. The first-order valence-electron chi connectivity index (χ1n) is 7.83. The van der Waals surface area contributed by atoms with Gasteiger partial charge in [-0.3, -0.25) is 0 Å². The maximum atomic E-state index is 12.3. The summed E-state index contributed by atoms with van der Waals surface area (Å²) in [6, 6.07) is 0.281. The molecule has 0 spiro atoms. The van der Waals surface area contributed by atoms with E-state index in [1.54, 1.807) is 0 Å². The van der Waals surface area contributed by atoms with Crippen LogP contribution in [0.15, 0.2) is 0 Å². The molecule has 3 aliphatic rings. The third kappa shape index (κ3) is 3.04. The normalized spacial score (nSPS) is 31.6. The minimum atomic E-state index is 0.106. The van der Waals surface area contributed by atoms with Gasteiger partial charge < -0.3 is 15.0 Å². The van der Waals surface area contributed by atoms with Gasteiger partial charge in [-0.15, -0.1) is 0 Å². The van der Waals surface area contributed by atoms with Crippen LogP contribution in [-0.4, -0.2) is 42.8 Å². The van der Waals surface area contributed by atoms with Crippen molar-refractivity contribution in [2.45, 2.75) is 51.7 Å². The fraction of sp³-hybridized carbons (Fsp3) is 0.933. The topological polar surface area (TPSA) is 41.6 Å². The van der Waals surface area contributed by atoms with E-state index >= 15 is 0 Å². The molecule has 0 radical (unpaired) electrons. The lowest BCUT2D eigenvalue weighted by Gasteiger charge is -2.38. The number of nitrogens with one attached hydrogen (secondary N) is 1. The quantitative estimate of drug-likeness (QED) is 0.848. The zero-order valence-corrected chi connectivity index (χ0v) is 12.1. The predicted octanol–water partition coefficient (Wildman–Crippen LogP) is 2.24. The maximum absolute atomic E-state index is 12.3. The van der Waals surface area contributed by atoms with Gasteiger partial charge >= 0.3 is 6.03 Å². The third-order valence-corrected chi connectivity index (χ3v) is 5.09. The van der Waals surface area contributed by atoms with E-state index in [1.165, 1.54) is 25.7 Å². The molecule has 0 unspecified atom stereocenters. The Labute approximate surface area is 115 Å². The van der Waals surface area contributed by atoms with Gasteiger partial charge in [0.05, 0.1) is 18.8 Å². The Morgan fingerprint density at radius 1 is 1.26 bits per heavy atom. The molecule has 4 heteroatoms. The fourth-order valence-electron chi connectivity index (χ4n) is 3.29. The SMILES string of the molecule is C[C@H]1OCCN(C(=O)NCC(C2CC2)C2CC2)[C@H]1C. The van der Waals surface area contributed by atoms with E-state index in [1.807, 2.05) is 11.8 Å². The highest BCUT2D eigenvalue weighted by atomic mass is 16.5. The Balaban J connectivity index is 1.49. The zero-order valence-electron chi connectivity index (χ0n) is 12.1. The van der Waals surface area contributed by atoms with Crippen molar-refractivity contribution in [1.82, 2.24) is 10.2 Å². The molecule has 2 aliphatic carbocycles. The number of morpholine rings is 1. The average Bonchev–Trinajstić information content (AvgIpc) is 3.26. The number of urea groups is 1. The maximum Gasteiger partial charge on any atom is 0.317 e. The largest absolute Gasteiger partial charge is 0.375 e. The van der Waals surface area contributed by atoms with Crippen LogP contribution in [-0.2, 0) is 4.74 Å². The van der Waals surface area contributed by atoms with Gasteiger partial charge in [0.1, 0.15) is 0 Å². The lowest BCUT2D eigenvalue weighted by atomic mass is 9.98. The van der Waals surface area contributed by atoms with Gasteiger partial charge in [-0.2, -0.15) is 0 Å². The molecule has 2 amide bonds. The molecule has 3 fully saturated rings. The second kappa shape index (κ2) is 5.31. The summed E-state index contributed by atoms with van der Waals surface area (Å²) in [5, 5.41) is 3.18. The van der Waals surface area contributed by atoms with Crippen molar-refractivity contribution in [2.24, 2.45) is 17.8 Å². The standard InChI is InChI=1S/C15H26N2O2/c1-10-11(2)19-8-7-17(10)15(18)16-9-14(12-3-4-12)13-5-6-13/h10-14H,3-9H2,1-2H3,(H,16,18)/t10-,11+/m0/s1. The number of rotatable bonds is 4. The molecule has 19 heavy (non-hydrogen) atoms. The Kier molecular flexibility index (Phi) is 3.70. The highest BCUT2D eigenvalue weighted by Gasteiger charge is 2.41. The number of amides is 2. The van der Waals surface area contributed by atoms with Crippen LogP contribution >= 0.6 is 0 Å². The minimum Gasteiger partial charge on any atom is -0.375 e. The van der Waals surface area contributed by atoms with Gasteiger partial charge in [-0.25, -0.2) is 4.79 Å². The van der Waals surface area contributed by atoms with E-state index in [2.05, 4.69) is 12.2 Å². The summed E-state index contributed by atoms with van der Waals surface area (Å²) in [5.41, 5.74) is 0. The molecular formula is C15H26N2O2. The Morgan fingerprint density at radius 3 is 2.47 bits per heavy atom.